The van der Waals surface area contributed by atoms with E-state index in [0.29, 0.717) is 0 Å². The van der Waals surface area contributed by atoms with Crippen molar-refractivity contribution >= 4 is 27.5 Å². The molecule has 84 valence electrons. The molecule has 2 aromatic rings. The number of carboxylic acid groups (broad SMARTS) is 1. The molecule has 0 fully saturated rings. The summed E-state index contributed by atoms with van der Waals surface area (Å²) in [5.41, 5.74) is 0.867. The molecule has 1 aromatic carbocycles. The van der Waals surface area contributed by atoms with Gasteiger partial charge in [0.1, 0.15) is 16.4 Å². The van der Waals surface area contributed by atoms with Gasteiger partial charge in [0.25, 0.3) is 0 Å². The summed E-state index contributed by atoms with van der Waals surface area (Å²) in [6.45, 7) is 1.76. The Morgan fingerprint density at radius 3 is 2.94 bits per heavy atom. The van der Waals surface area contributed by atoms with Gasteiger partial charge in [0.05, 0.1) is 13.2 Å². The normalized spacial score (nSPS) is 10.6. The fourth-order valence-electron chi connectivity index (χ4n) is 1.63. The lowest BCUT2D eigenvalue weighted by atomic mass is 10.3. The molecule has 2 rings (SSSR count). The van der Waals surface area contributed by atoms with Crippen LogP contribution < -0.4 is 14.4 Å². The largest absolute Gasteiger partial charge is 0.544 e. The van der Waals surface area contributed by atoms with Crippen molar-refractivity contribution in [3.63, 3.8) is 0 Å². The van der Waals surface area contributed by atoms with Gasteiger partial charge in [-0.1, -0.05) is 11.3 Å². The summed E-state index contributed by atoms with van der Waals surface area (Å²) in [4.78, 5) is 10.7. The molecule has 0 unspecified atom stereocenters. The van der Waals surface area contributed by atoms with E-state index in [4.69, 9.17) is 4.74 Å². The average Bonchev–Trinajstić information content (AvgIpc) is 2.54. The highest BCUT2D eigenvalue weighted by Crippen LogP contribution is 2.24. The van der Waals surface area contributed by atoms with Gasteiger partial charge in [0.15, 0.2) is 6.54 Å². The fraction of sp³-hybridized carbons (Fsp3) is 0.273. The molecule has 0 bridgehead atoms. The van der Waals surface area contributed by atoms with Gasteiger partial charge in [-0.2, -0.15) is 4.57 Å². The second-order valence-electron chi connectivity index (χ2n) is 3.41. The van der Waals surface area contributed by atoms with Crippen molar-refractivity contribution in [1.29, 1.82) is 0 Å². The number of hydrogen-bond donors (Lipinski definition) is 0. The van der Waals surface area contributed by atoms with Gasteiger partial charge in [0, 0.05) is 6.92 Å². The van der Waals surface area contributed by atoms with Crippen LogP contribution in [0.2, 0.25) is 0 Å². The van der Waals surface area contributed by atoms with Crippen LogP contribution in [0.5, 0.6) is 5.75 Å². The Bertz CT molecular complexity index is 547. The predicted octanol–water partition coefficient (Wildman–Crippen LogP) is 0.256. The highest BCUT2D eigenvalue weighted by atomic mass is 32.1. The Morgan fingerprint density at radius 2 is 2.31 bits per heavy atom. The monoisotopic (exact) mass is 237 g/mol. The molecule has 0 radical (unpaired) electrons. The first-order valence-corrected chi connectivity index (χ1v) is 5.60. The third kappa shape index (κ3) is 1.86. The molecule has 0 saturated heterocycles. The number of rotatable bonds is 3. The Kier molecular flexibility index (Phi) is 2.78. The molecule has 0 aliphatic carbocycles. The first kappa shape index (κ1) is 10.9. The van der Waals surface area contributed by atoms with E-state index in [2.05, 4.69) is 0 Å². The Balaban J connectivity index is 2.61. The van der Waals surface area contributed by atoms with Crippen molar-refractivity contribution < 1.29 is 19.2 Å². The lowest BCUT2D eigenvalue weighted by Crippen LogP contribution is -2.44. The molecule has 0 atom stereocenters. The smallest absolute Gasteiger partial charge is 0.235 e. The minimum atomic E-state index is -1.09. The van der Waals surface area contributed by atoms with Crippen molar-refractivity contribution in [2.45, 2.75) is 13.5 Å². The van der Waals surface area contributed by atoms with Crippen LogP contribution in [0.3, 0.4) is 0 Å². The summed E-state index contributed by atoms with van der Waals surface area (Å²) in [6, 6.07) is 5.63. The summed E-state index contributed by atoms with van der Waals surface area (Å²) in [5.74, 6) is -0.368. The number of aryl methyl sites for hydroxylation is 1. The minimum Gasteiger partial charge on any atom is -0.544 e. The first-order valence-electron chi connectivity index (χ1n) is 4.78. The lowest BCUT2D eigenvalue weighted by Gasteiger charge is -1.99. The number of carboxylic acids is 1. The molecule has 0 aliphatic heterocycles. The van der Waals surface area contributed by atoms with Crippen LogP contribution >= 0.6 is 11.3 Å². The van der Waals surface area contributed by atoms with Gasteiger partial charge in [-0.15, -0.1) is 0 Å². The van der Waals surface area contributed by atoms with Gasteiger partial charge < -0.3 is 14.6 Å². The molecule has 16 heavy (non-hydrogen) atoms. The standard InChI is InChI=1S/C11H11NO3S/c1-7-12(6-11(13)14)9-5-8(15-2)3-4-10(9)16-7/h3-5H,6H2,1-2H3. The molecule has 5 heteroatoms. The van der Waals surface area contributed by atoms with Crippen molar-refractivity contribution in [3.05, 3.63) is 23.2 Å². The van der Waals surface area contributed by atoms with Crippen molar-refractivity contribution in [3.8, 4) is 5.75 Å². The number of aliphatic carboxylic acids is 1. The van der Waals surface area contributed by atoms with E-state index >= 15 is 0 Å². The topological polar surface area (TPSA) is 53.2 Å². The third-order valence-corrected chi connectivity index (χ3v) is 3.46. The quantitative estimate of drug-likeness (QED) is 0.719. The molecule has 0 saturated carbocycles. The zero-order valence-corrected chi connectivity index (χ0v) is 9.84. The van der Waals surface area contributed by atoms with Crippen LogP contribution in [0.1, 0.15) is 5.01 Å². The first-order chi connectivity index (χ1) is 7.61. The number of carbonyl (C=O) groups excluding carboxylic acids is 1. The Labute approximate surface area is 96.7 Å². The van der Waals surface area contributed by atoms with Crippen LogP contribution in [0.25, 0.3) is 10.2 Å². The van der Waals surface area contributed by atoms with E-state index in [1.54, 1.807) is 23.0 Å². The van der Waals surface area contributed by atoms with Gasteiger partial charge >= 0.3 is 0 Å². The van der Waals surface area contributed by atoms with E-state index in [9.17, 15) is 9.90 Å². The van der Waals surface area contributed by atoms with Gasteiger partial charge in [-0.3, -0.25) is 0 Å². The SMILES string of the molecule is COc1ccc2sc(C)[n+](CC(=O)[O-])c2c1. The van der Waals surface area contributed by atoms with E-state index in [0.717, 1.165) is 21.0 Å². The van der Waals surface area contributed by atoms with Crippen molar-refractivity contribution in [1.82, 2.24) is 0 Å². The second kappa shape index (κ2) is 4.09. The van der Waals surface area contributed by atoms with Gasteiger partial charge in [-0.05, 0) is 12.1 Å². The summed E-state index contributed by atoms with van der Waals surface area (Å²) in [5, 5.41) is 11.6. The average molecular weight is 237 g/mol. The zero-order chi connectivity index (χ0) is 11.7. The van der Waals surface area contributed by atoms with Crippen molar-refractivity contribution in [2.75, 3.05) is 7.11 Å². The maximum atomic E-state index is 10.7. The number of benzene rings is 1. The van der Waals surface area contributed by atoms with Crippen LogP contribution in [0.15, 0.2) is 18.2 Å². The van der Waals surface area contributed by atoms with Crippen LogP contribution in [-0.2, 0) is 11.3 Å². The Hall–Kier alpha value is -1.62. The molecule has 1 heterocycles. The lowest BCUT2D eigenvalue weighted by molar-refractivity contribution is -0.667. The summed E-state index contributed by atoms with van der Waals surface area (Å²) in [6.07, 6.45) is 0. The molecule has 0 N–H and O–H groups in total. The number of carbonyl (C=O) groups is 1. The Morgan fingerprint density at radius 1 is 1.56 bits per heavy atom. The second-order valence-corrected chi connectivity index (χ2v) is 4.65. The van der Waals surface area contributed by atoms with E-state index < -0.39 is 5.97 Å². The number of methoxy groups -OCH3 is 1. The maximum absolute atomic E-state index is 10.7. The fourth-order valence-corrected chi connectivity index (χ4v) is 2.63. The number of hydrogen-bond acceptors (Lipinski definition) is 4. The summed E-state index contributed by atoms with van der Waals surface area (Å²) in [7, 11) is 1.59. The molecular formula is C11H11NO3S. The number of ether oxygens (including phenoxy) is 1. The van der Waals surface area contributed by atoms with Crippen LogP contribution in [0.4, 0.5) is 0 Å². The maximum Gasteiger partial charge on any atom is 0.235 e. The highest BCUT2D eigenvalue weighted by Gasteiger charge is 2.17. The summed E-state index contributed by atoms with van der Waals surface area (Å²) >= 11 is 1.56. The predicted molar refractivity (Wildman–Crippen MR) is 58.3 cm³/mol. The summed E-state index contributed by atoms with van der Waals surface area (Å²) < 4.78 is 7.88. The van der Waals surface area contributed by atoms with E-state index in [-0.39, 0.29) is 6.54 Å². The number of nitrogens with zero attached hydrogens (tertiary/aromatic N) is 1. The molecule has 1 aromatic heterocycles. The number of thiazole rings is 1. The van der Waals surface area contributed by atoms with E-state index in [1.165, 1.54) is 0 Å². The molecule has 4 nitrogen and oxygen atoms in total. The van der Waals surface area contributed by atoms with E-state index in [1.807, 2.05) is 25.1 Å². The molecule has 0 amide bonds. The third-order valence-electron chi connectivity index (χ3n) is 2.38. The molecule has 0 aliphatic rings. The highest BCUT2D eigenvalue weighted by molar-refractivity contribution is 7.18. The van der Waals surface area contributed by atoms with Crippen LogP contribution in [0, 0.1) is 6.92 Å². The van der Waals surface area contributed by atoms with Gasteiger partial charge in [-0.25, -0.2) is 0 Å². The van der Waals surface area contributed by atoms with Gasteiger partial charge in [0.2, 0.25) is 10.5 Å². The van der Waals surface area contributed by atoms with Crippen molar-refractivity contribution in [2.24, 2.45) is 0 Å². The minimum absolute atomic E-state index is 0.126. The molecular weight excluding hydrogens is 226 g/mol. The number of fused-ring (bicyclic) bond motifs is 1. The molecule has 0 spiro atoms. The number of aromatic nitrogens is 1. The van der Waals surface area contributed by atoms with Crippen LogP contribution in [-0.4, -0.2) is 13.1 Å². The zero-order valence-electron chi connectivity index (χ0n) is 9.02.